The van der Waals surface area contributed by atoms with Gasteiger partial charge in [-0.1, -0.05) is 12.1 Å². The monoisotopic (exact) mass is 344 g/mol. The van der Waals surface area contributed by atoms with Crippen molar-refractivity contribution in [1.29, 1.82) is 0 Å². The zero-order chi connectivity index (χ0) is 17.8. The molecule has 0 saturated heterocycles. The minimum Gasteiger partial charge on any atom is -0.322 e. The lowest BCUT2D eigenvalue weighted by Gasteiger charge is -2.08. The summed E-state index contributed by atoms with van der Waals surface area (Å²) in [5.74, 6) is -3.23. The maximum atomic E-state index is 13.6. The number of carbonyl (C=O) groups excluding carboxylic acids is 1. The quantitative estimate of drug-likeness (QED) is 0.753. The van der Waals surface area contributed by atoms with Crippen LogP contribution < -0.4 is 10.6 Å². The minimum absolute atomic E-state index is 0.0167. The van der Waals surface area contributed by atoms with Crippen molar-refractivity contribution in [3.05, 3.63) is 77.9 Å². The van der Waals surface area contributed by atoms with Gasteiger partial charge in [-0.2, -0.15) is 0 Å². The van der Waals surface area contributed by atoms with Crippen molar-refractivity contribution in [2.24, 2.45) is 0 Å². The number of halogens is 3. The van der Waals surface area contributed by atoms with Crippen LogP contribution in [0.25, 0.3) is 0 Å². The van der Waals surface area contributed by atoms with Gasteiger partial charge in [0.2, 0.25) is 5.95 Å². The number of rotatable bonds is 4. The lowest BCUT2D eigenvalue weighted by molar-refractivity contribution is 0.102. The van der Waals surface area contributed by atoms with Crippen molar-refractivity contribution in [2.75, 3.05) is 10.6 Å². The van der Waals surface area contributed by atoms with Crippen molar-refractivity contribution in [1.82, 2.24) is 9.97 Å². The highest BCUT2D eigenvalue weighted by Gasteiger charge is 2.12. The van der Waals surface area contributed by atoms with Crippen molar-refractivity contribution in [3.8, 4) is 0 Å². The van der Waals surface area contributed by atoms with Crippen molar-refractivity contribution >= 4 is 23.2 Å². The van der Waals surface area contributed by atoms with Crippen molar-refractivity contribution in [2.45, 2.75) is 0 Å². The summed E-state index contributed by atoms with van der Waals surface area (Å²) in [6.45, 7) is 0. The van der Waals surface area contributed by atoms with E-state index in [9.17, 15) is 18.0 Å². The molecule has 0 radical (unpaired) electrons. The number of carbonyl (C=O) groups is 1. The van der Waals surface area contributed by atoms with E-state index in [-0.39, 0.29) is 23.0 Å². The van der Waals surface area contributed by atoms with E-state index in [1.165, 1.54) is 36.5 Å². The first-order valence-electron chi connectivity index (χ1n) is 7.14. The first kappa shape index (κ1) is 16.4. The average molecular weight is 344 g/mol. The molecule has 0 fully saturated rings. The molecular formula is C17H11F3N4O. The molecule has 3 rings (SSSR count). The zero-order valence-electron chi connectivity index (χ0n) is 12.6. The summed E-state index contributed by atoms with van der Waals surface area (Å²) < 4.78 is 39.7. The van der Waals surface area contributed by atoms with E-state index in [0.717, 1.165) is 12.1 Å². The first-order valence-corrected chi connectivity index (χ1v) is 7.14. The summed E-state index contributed by atoms with van der Waals surface area (Å²) in [6.07, 6.45) is 1.32. The van der Waals surface area contributed by atoms with Crippen molar-refractivity contribution < 1.29 is 18.0 Å². The van der Waals surface area contributed by atoms with E-state index in [4.69, 9.17) is 0 Å². The predicted octanol–water partition coefficient (Wildman–Crippen LogP) is 3.89. The highest BCUT2D eigenvalue weighted by molar-refractivity contribution is 6.03. The van der Waals surface area contributed by atoms with Gasteiger partial charge in [0.25, 0.3) is 5.91 Å². The van der Waals surface area contributed by atoms with Gasteiger partial charge in [0.1, 0.15) is 11.5 Å². The number of nitrogens with zero attached hydrogens (tertiary/aromatic N) is 2. The topological polar surface area (TPSA) is 66.9 Å². The summed E-state index contributed by atoms with van der Waals surface area (Å²) >= 11 is 0. The van der Waals surface area contributed by atoms with Crippen LogP contribution in [0.1, 0.15) is 10.5 Å². The molecule has 8 heteroatoms. The van der Waals surface area contributed by atoms with Gasteiger partial charge in [0.05, 0.1) is 5.69 Å². The molecule has 1 aromatic heterocycles. The molecule has 0 unspecified atom stereocenters. The summed E-state index contributed by atoms with van der Waals surface area (Å²) in [5.41, 5.74) is 0.199. The molecule has 0 bridgehead atoms. The number of nitrogens with one attached hydrogen (secondary N) is 2. The summed E-state index contributed by atoms with van der Waals surface area (Å²) in [4.78, 5) is 20.1. The van der Waals surface area contributed by atoms with Crippen LogP contribution in [-0.2, 0) is 0 Å². The molecule has 1 heterocycles. The van der Waals surface area contributed by atoms with Gasteiger partial charge in [-0.05, 0) is 30.3 Å². The Bertz CT molecular complexity index is 933. The molecule has 3 aromatic rings. The van der Waals surface area contributed by atoms with E-state index >= 15 is 0 Å². The van der Waals surface area contributed by atoms with Gasteiger partial charge in [0.15, 0.2) is 11.6 Å². The number of aromatic nitrogens is 2. The van der Waals surface area contributed by atoms with E-state index in [1.54, 1.807) is 6.07 Å². The molecule has 0 aliphatic rings. The van der Waals surface area contributed by atoms with Crippen LogP contribution in [-0.4, -0.2) is 15.9 Å². The number of para-hydroxylation sites is 1. The van der Waals surface area contributed by atoms with Crippen LogP contribution in [0.3, 0.4) is 0 Å². The second kappa shape index (κ2) is 7.00. The largest absolute Gasteiger partial charge is 0.322 e. The van der Waals surface area contributed by atoms with Gasteiger partial charge >= 0.3 is 0 Å². The van der Waals surface area contributed by atoms with Crippen LogP contribution in [0.15, 0.2) is 54.7 Å². The van der Waals surface area contributed by atoms with Crippen LogP contribution in [0.4, 0.5) is 30.5 Å². The molecule has 25 heavy (non-hydrogen) atoms. The Balaban J connectivity index is 1.77. The average Bonchev–Trinajstić information content (AvgIpc) is 2.60. The Morgan fingerprint density at radius 3 is 2.48 bits per heavy atom. The maximum Gasteiger partial charge on any atom is 0.274 e. The Kier molecular flexibility index (Phi) is 4.60. The summed E-state index contributed by atoms with van der Waals surface area (Å²) in [6, 6.07) is 10.2. The Labute approximate surface area is 140 Å². The SMILES string of the molecule is O=C(Nc1ccc(F)c(F)c1)c1ccnc(Nc2ccccc2F)n1. The molecule has 0 aliphatic carbocycles. The third kappa shape index (κ3) is 3.92. The number of hydrogen-bond donors (Lipinski definition) is 2. The summed E-state index contributed by atoms with van der Waals surface area (Å²) in [7, 11) is 0. The minimum atomic E-state index is -1.08. The Morgan fingerprint density at radius 1 is 0.920 bits per heavy atom. The number of amides is 1. The predicted molar refractivity (Wildman–Crippen MR) is 86.0 cm³/mol. The van der Waals surface area contributed by atoms with Gasteiger partial charge in [-0.25, -0.2) is 23.1 Å². The highest BCUT2D eigenvalue weighted by atomic mass is 19.2. The van der Waals surface area contributed by atoms with Gasteiger partial charge < -0.3 is 10.6 Å². The lowest BCUT2D eigenvalue weighted by Crippen LogP contribution is -2.15. The normalized spacial score (nSPS) is 10.4. The fourth-order valence-corrected chi connectivity index (χ4v) is 2.00. The van der Waals surface area contributed by atoms with Crippen molar-refractivity contribution in [3.63, 3.8) is 0 Å². The van der Waals surface area contributed by atoms with Gasteiger partial charge in [-0.3, -0.25) is 4.79 Å². The summed E-state index contributed by atoms with van der Waals surface area (Å²) in [5, 5.41) is 5.05. The van der Waals surface area contributed by atoms with E-state index in [0.29, 0.717) is 0 Å². The van der Waals surface area contributed by atoms with Gasteiger partial charge in [0, 0.05) is 18.0 Å². The standard InChI is InChI=1S/C17H11F3N4O/c18-11-6-5-10(9-13(11)20)22-16(25)15-7-8-21-17(24-15)23-14-4-2-1-3-12(14)19/h1-9H,(H,22,25)(H,21,23,24). The van der Waals surface area contributed by atoms with E-state index in [2.05, 4.69) is 20.6 Å². The van der Waals surface area contributed by atoms with Crippen LogP contribution in [0.5, 0.6) is 0 Å². The maximum absolute atomic E-state index is 13.6. The zero-order valence-corrected chi connectivity index (χ0v) is 12.6. The second-order valence-corrected chi connectivity index (χ2v) is 4.95. The van der Waals surface area contributed by atoms with Crippen LogP contribution in [0.2, 0.25) is 0 Å². The fraction of sp³-hybridized carbons (Fsp3) is 0. The Hall–Kier alpha value is -3.42. The molecule has 1 amide bonds. The first-order chi connectivity index (χ1) is 12.0. The molecule has 0 aliphatic heterocycles. The van der Waals surface area contributed by atoms with E-state index < -0.39 is 23.4 Å². The number of hydrogen-bond acceptors (Lipinski definition) is 4. The highest BCUT2D eigenvalue weighted by Crippen LogP contribution is 2.17. The molecular weight excluding hydrogens is 333 g/mol. The lowest BCUT2D eigenvalue weighted by atomic mass is 10.3. The third-order valence-corrected chi connectivity index (χ3v) is 3.19. The smallest absolute Gasteiger partial charge is 0.274 e. The molecule has 0 atom stereocenters. The third-order valence-electron chi connectivity index (χ3n) is 3.19. The van der Waals surface area contributed by atoms with Crippen LogP contribution in [0, 0.1) is 17.5 Å². The molecule has 5 nitrogen and oxygen atoms in total. The molecule has 0 spiro atoms. The molecule has 0 saturated carbocycles. The molecule has 126 valence electrons. The second-order valence-electron chi connectivity index (χ2n) is 4.95. The van der Waals surface area contributed by atoms with E-state index in [1.807, 2.05) is 0 Å². The van der Waals surface area contributed by atoms with Gasteiger partial charge in [-0.15, -0.1) is 0 Å². The molecule has 2 N–H and O–H groups in total. The molecule has 2 aromatic carbocycles. The number of benzene rings is 2. The van der Waals surface area contributed by atoms with Crippen LogP contribution >= 0.6 is 0 Å². The fourth-order valence-electron chi connectivity index (χ4n) is 2.00. The number of anilines is 3. The Morgan fingerprint density at radius 2 is 1.72 bits per heavy atom.